The molecule has 8 nitrogen and oxygen atoms in total. The van der Waals surface area contributed by atoms with Gasteiger partial charge in [-0.05, 0) is 63.4 Å². The summed E-state index contributed by atoms with van der Waals surface area (Å²) in [5.74, 6) is -0.658. The number of aryl methyl sites for hydroxylation is 2. The van der Waals surface area contributed by atoms with E-state index in [1.54, 1.807) is 30.5 Å². The van der Waals surface area contributed by atoms with Crippen LogP contribution in [0.1, 0.15) is 30.4 Å². The lowest BCUT2D eigenvalue weighted by Crippen LogP contribution is -2.47. The second-order valence-electron chi connectivity index (χ2n) is 10.4. The van der Waals surface area contributed by atoms with Crippen molar-refractivity contribution in [2.24, 2.45) is 4.40 Å². The van der Waals surface area contributed by atoms with Crippen molar-refractivity contribution in [1.29, 1.82) is 0 Å². The fourth-order valence-electron chi connectivity index (χ4n) is 3.46. The van der Waals surface area contributed by atoms with Crippen molar-refractivity contribution < 1.29 is 26.9 Å². The molecule has 210 valence electrons. The van der Waals surface area contributed by atoms with Gasteiger partial charge in [0, 0.05) is 20.9 Å². The summed E-state index contributed by atoms with van der Waals surface area (Å²) < 4.78 is 55.6. The van der Waals surface area contributed by atoms with Crippen molar-refractivity contribution in [3.8, 4) is 0 Å². The van der Waals surface area contributed by atoms with Gasteiger partial charge in [-0.25, -0.2) is 12.6 Å². The van der Waals surface area contributed by atoms with Gasteiger partial charge in [0.1, 0.15) is 12.8 Å². The molecule has 0 saturated carbocycles. The van der Waals surface area contributed by atoms with Gasteiger partial charge in [0.15, 0.2) is 11.0 Å². The van der Waals surface area contributed by atoms with Gasteiger partial charge in [-0.1, -0.05) is 55.0 Å². The monoisotopic (exact) mass is 580 g/mol. The van der Waals surface area contributed by atoms with Crippen LogP contribution in [-0.4, -0.2) is 63.7 Å². The third-order valence-corrected chi connectivity index (χ3v) is 10.4. The molecule has 0 N–H and O–H groups in total. The maximum absolute atomic E-state index is 13.6. The Morgan fingerprint density at radius 3 is 2.18 bits per heavy atom. The lowest BCUT2D eigenvalue weighted by atomic mass is 10.1. The maximum Gasteiger partial charge on any atom is 0.324 e. The smallest absolute Gasteiger partial charge is 0.324 e. The Morgan fingerprint density at radius 1 is 1.05 bits per heavy atom. The van der Waals surface area contributed by atoms with Gasteiger partial charge in [0.25, 0.3) is 0 Å². The standard InChI is InChI=1S/C27H40N2O6S2Si/c1-22-10-14-24(15-11-22)36(31)28-18-8-7-9-26(27(30)34-3)29(21-35-19-20-38(4,5)6)37(32,33)25-16-12-23(2)13-17-25/h10-18,26H,7-9,19-21H2,1-6H3/b28-18+/t26-,36+/m0/s1. The minimum absolute atomic E-state index is 0.0841. The highest BCUT2D eigenvalue weighted by atomic mass is 32.2. The first-order valence-electron chi connectivity index (χ1n) is 12.6. The van der Waals surface area contributed by atoms with E-state index in [0.29, 0.717) is 24.3 Å². The summed E-state index contributed by atoms with van der Waals surface area (Å²) >= 11 is 0. The first-order valence-corrected chi connectivity index (χ1v) is 18.9. The molecule has 0 aliphatic heterocycles. The van der Waals surface area contributed by atoms with E-state index in [1.165, 1.54) is 19.2 Å². The molecule has 0 aliphatic rings. The molecule has 0 saturated heterocycles. The van der Waals surface area contributed by atoms with Gasteiger partial charge in [-0.3, -0.25) is 4.79 Å². The molecular weight excluding hydrogens is 541 g/mol. The lowest BCUT2D eigenvalue weighted by Gasteiger charge is -2.29. The van der Waals surface area contributed by atoms with Crippen LogP contribution in [0.5, 0.6) is 0 Å². The van der Waals surface area contributed by atoms with E-state index in [1.807, 2.05) is 26.0 Å². The highest BCUT2D eigenvalue weighted by molar-refractivity contribution is 7.89. The summed E-state index contributed by atoms with van der Waals surface area (Å²) in [6.45, 7) is 10.6. The molecule has 0 aromatic heterocycles. The van der Waals surface area contributed by atoms with Crippen molar-refractivity contribution in [3.05, 3.63) is 59.7 Å². The average Bonchev–Trinajstić information content (AvgIpc) is 2.86. The first-order chi connectivity index (χ1) is 17.8. The van der Waals surface area contributed by atoms with E-state index in [2.05, 4.69) is 24.0 Å². The number of sulfonamides is 1. The van der Waals surface area contributed by atoms with Crippen molar-refractivity contribution in [3.63, 3.8) is 0 Å². The predicted octanol–water partition coefficient (Wildman–Crippen LogP) is 5.11. The van der Waals surface area contributed by atoms with Crippen molar-refractivity contribution in [1.82, 2.24) is 4.31 Å². The van der Waals surface area contributed by atoms with Crippen LogP contribution in [0.4, 0.5) is 0 Å². The number of carbonyl (C=O) groups excluding carboxylic acids is 1. The number of hydrogen-bond donors (Lipinski definition) is 0. The molecule has 0 unspecified atom stereocenters. The van der Waals surface area contributed by atoms with Crippen molar-refractivity contribution >= 4 is 41.3 Å². The fourth-order valence-corrected chi connectivity index (χ4v) is 6.44. The third-order valence-electron chi connectivity index (χ3n) is 5.87. The summed E-state index contributed by atoms with van der Waals surface area (Å²) in [6, 6.07) is 13.6. The number of methoxy groups -OCH3 is 1. The van der Waals surface area contributed by atoms with Gasteiger partial charge in [0.05, 0.1) is 16.9 Å². The Kier molecular flexibility index (Phi) is 12.5. The molecule has 0 radical (unpaired) electrons. The van der Waals surface area contributed by atoms with E-state index in [9.17, 15) is 17.4 Å². The minimum Gasteiger partial charge on any atom is -0.468 e. The first kappa shape index (κ1) is 32.0. The minimum atomic E-state index is -4.05. The SMILES string of the molecule is COC(=O)[C@H](CCC/C=N/[S@](=O)c1ccc(C)cc1)N(COCC[Si](C)(C)C)S(=O)(=O)c1ccc(C)cc1. The molecule has 0 amide bonds. The highest BCUT2D eigenvalue weighted by Crippen LogP contribution is 2.23. The van der Waals surface area contributed by atoms with E-state index in [4.69, 9.17) is 9.47 Å². The van der Waals surface area contributed by atoms with Gasteiger partial charge >= 0.3 is 5.97 Å². The Bertz CT molecular complexity index is 1190. The van der Waals surface area contributed by atoms with E-state index >= 15 is 0 Å². The summed E-state index contributed by atoms with van der Waals surface area (Å²) in [4.78, 5) is 13.5. The highest BCUT2D eigenvalue weighted by Gasteiger charge is 2.36. The zero-order valence-corrected chi connectivity index (χ0v) is 25.8. The zero-order chi connectivity index (χ0) is 28.3. The molecule has 0 bridgehead atoms. The maximum atomic E-state index is 13.6. The Balaban J connectivity index is 2.18. The molecule has 2 aromatic carbocycles. The van der Waals surface area contributed by atoms with Crippen LogP contribution in [0.2, 0.25) is 25.7 Å². The molecule has 38 heavy (non-hydrogen) atoms. The van der Waals surface area contributed by atoms with Crippen LogP contribution in [0, 0.1) is 13.8 Å². The van der Waals surface area contributed by atoms with Crippen LogP contribution in [0.15, 0.2) is 62.7 Å². The second-order valence-corrected chi connectivity index (χ2v) is 19.1. The normalized spacial score (nSPS) is 14.1. The number of rotatable bonds is 15. The molecule has 0 spiro atoms. The summed E-state index contributed by atoms with van der Waals surface area (Å²) in [5, 5.41) is 0. The predicted molar refractivity (Wildman–Crippen MR) is 155 cm³/mol. The van der Waals surface area contributed by atoms with Crippen LogP contribution in [0.25, 0.3) is 0 Å². The van der Waals surface area contributed by atoms with Crippen LogP contribution in [-0.2, 0) is 35.3 Å². The number of ether oxygens (including phenoxy) is 2. The van der Waals surface area contributed by atoms with Crippen LogP contribution >= 0.6 is 0 Å². The van der Waals surface area contributed by atoms with E-state index in [0.717, 1.165) is 21.5 Å². The van der Waals surface area contributed by atoms with Gasteiger partial charge in [-0.15, -0.1) is 0 Å². The quantitative estimate of drug-likeness (QED) is 0.0954. The zero-order valence-electron chi connectivity index (χ0n) is 23.2. The molecule has 2 aromatic rings. The molecule has 2 rings (SSSR count). The molecule has 0 fully saturated rings. The van der Waals surface area contributed by atoms with Crippen LogP contribution in [0.3, 0.4) is 0 Å². The number of unbranched alkanes of at least 4 members (excludes halogenated alkanes) is 1. The number of carbonyl (C=O) groups is 1. The number of esters is 1. The van der Waals surface area contributed by atoms with Gasteiger partial charge in [0.2, 0.25) is 10.0 Å². The lowest BCUT2D eigenvalue weighted by molar-refractivity contribution is -0.146. The molecule has 0 aliphatic carbocycles. The Morgan fingerprint density at radius 2 is 1.63 bits per heavy atom. The fraction of sp³-hybridized carbons (Fsp3) is 0.481. The van der Waals surface area contributed by atoms with Crippen LogP contribution < -0.4 is 0 Å². The van der Waals surface area contributed by atoms with E-state index in [-0.39, 0.29) is 18.0 Å². The molecule has 11 heteroatoms. The Hall–Kier alpha value is -2.18. The summed E-state index contributed by atoms with van der Waals surface area (Å²) in [5.41, 5.74) is 1.99. The third kappa shape index (κ3) is 10.2. The Labute approximate surface area is 231 Å². The topological polar surface area (TPSA) is 102 Å². The number of nitrogens with zero attached hydrogens (tertiary/aromatic N) is 2. The summed E-state index contributed by atoms with van der Waals surface area (Å²) in [7, 11) is -5.72. The number of benzene rings is 2. The van der Waals surface area contributed by atoms with Gasteiger partial charge in [-0.2, -0.15) is 8.70 Å². The number of hydrogen-bond acceptors (Lipinski definition) is 6. The second kappa shape index (κ2) is 14.8. The average molecular weight is 581 g/mol. The molecular formula is C27H40N2O6S2Si. The molecule has 0 heterocycles. The van der Waals surface area contributed by atoms with Gasteiger partial charge < -0.3 is 9.47 Å². The summed E-state index contributed by atoms with van der Waals surface area (Å²) in [6.07, 6.45) is 2.59. The van der Waals surface area contributed by atoms with Crippen molar-refractivity contribution in [2.45, 2.75) is 74.6 Å². The van der Waals surface area contributed by atoms with E-state index < -0.39 is 41.1 Å². The molecule has 2 atom stereocenters. The van der Waals surface area contributed by atoms with Crippen molar-refractivity contribution in [2.75, 3.05) is 20.4 Å². The largest absolute Gasteiger partial charge is 0.468 e.